The summed E-state index contributed by atoms with van der Waals surface area (Å²) >= 11 is 0. The van der Waals surface area contributed by atoms with Crippen molar-refractivity contribution in [3.05, 3.63) is 0 Å². The number of hydrogen-bond acceptors (Lipinski definition) is 7. The van der Waals surface area contributed by atoms with Crippen LogP contribution in [0.1, 0.15) is 181 Å². The highest BCUT2D eigenvalue weighted by Gasteiger charge is 2.27. The van der Waals surface area contributed by atoms with Crippen molar-refractivity contribution in [3.8, 4) is 0 Å². The van der Waals surface area contributed by atoms with Gasteiger partial charge in [0.25, 0.3) is 0 Å². The molecule has 280 valence electrons. The van der Waals surface area contributed by atoms with Gasteiger partial charge >= 0.3 is 18.0 Å². The molecule has 1 heterocycles. The summed E-state index contributed by atoms with van der Waals surface area (Å²) in [6, 6.07) is -0.278. The van der Waals surface area contributed by atoms with Crippen LogP contribution in [0.2, 0.25) is 0 Å². The average Bonchev–Trinajstić information content (AvgIpc) is 3.39. The van der Waals surface area contributed by atoms with Crippen LogP contribution in [0.15, 0.2) is 0 Å². The van der Waals surface area contributed by atoms with Crippen LogP contribution in [0.3, 0.4) is 0 Å². The molecule has 1 aliphatic rings. The van der Waals surface area contributed by atoms with Crippen molar-refractivity contribution >= 4 is 23.9 Å². The molecular formula is C39H73N3O6. The van der Waals surface area contributed by atoms with Gasteiger partial charge in [0, 0.05) is 19.4 Å². The van der Waals surface area contributed by atoms with Gasteiger partial charge in [-0.2, -0.15) is 0 Å². The molecule has 0 aliphatic carbocycles. The monoisotopic (exact) mass is 680 g/mol. The molecule has 1 atom stereocenters. The van der Waals surface area contributed by atoms with Crippen molar-refractivity contribution in [2.45, 2.75) is 187 Å². The van der Waals surface area contributed by atoms with Crippen molar-refractivity contribution in [2.75, 3.05) is 39.3 Å². The zero-order valence-electron chi connectivity index (χ0n) is 31.3. The maximum atomic E-state index is 12.5. The number of urea groups is 1. The maximum Gasteiger partial charge on any atom is 0.324 e. The summed E-state index contributed by atoms with van der Waals surface area (Å²) in [4.78, 5) is 52.1. The van der Waals surface area contributed by atoms with E-state index in [4.69, 9.17) is 9.47 Å². The van der Waals surface area contributed by atoms with E-state index in [0.29, 0.717) is 26.0 Å². The topological polar surface area (TPSA) is 105 Å². The maximum absolute atomic E-state index is 12.5. The predicted octanol–water partition coefficient (Wildman–Crippen LogP) is 9.11. The lowest BCUT2D eigenvalue weighted by molar-refractivity contribution is -0.150. The third-order valence-corrected chi connectivity index (χ3v) is 9.32. The lowest BCUT2D eigenvalue weighted by Crippen LogP contribution is -2.35. The van der Waals surface area contributed by atoms with E-state index in [2.05, 4.69) is 31.0 Å². The number of imide groups is 1. The minimum atomic E-state index is -0.278. The van der Waals surface area contributed by atoms with Crippen LogP contribution in [-0.2, 0) is 23.9 Å². The van der Waals surface area contributed by atoms with Crippen molar-refractivity contribution in [3.63, 3.8) is 0 Å². The lowest BCUT2D eigenvalue weighted by atomic mass is 10.1. The zero-order valence-corrected chi connectivity index (χ0v) is 31.3. The quantitative estimate of drug-likeness (QED) is 0.0411. The van der Waals surface area contributed by atoms with E-state index in [1.807, 2.05) is 0 Å². The second-order valence-electron chi connectivity index (χ2n) is 13.8. The molecule has 1 fully saturated rings. The van der Waals surface area contributed by atoms with Crippen LogP contribution in [0.5, 0.6) is 0 Å². The number of rotatable bonds is 34. The molecule has 0 aromatic carbocycles. The number of ether oxygens (including phenoxy) is 2. The zero-order chi connectivity index (χ0) is 35.1. The fourth-order valence-corrected chi connectivity index (χ4v) is 6.26. The fourth-order valence-electron chi connectivity index (χ4n) is 6.26. The van der Waals surface area contributed by atoms with E-state index in [1.54, 1.807) is 0 Å². The summed E-state index contributed by atoms with van der Waals surface area (Å²) in [5.74, 6) is -0.230. The van der Waals surface area contributed by atoms with Gasteiger partial charge in [-0.3, -0.25) is 19.3 Å². The Morgan fingerprint density at radius 1 is 0.646 bits per heavy atom. The molecular weight excluding hydrogens is 606 g/mol. The number of carbonyl (C=O) groups excluding carboxylic acids is 4. The average molecular weight is 680 g/mol. The summed E-state index contributed by atoms with van der Waals surface area (Å²) in [6.07, 6.45) is 26.0. The third kappa shape index (κ3) is 24.0. The standard InChI is InChI=1S/C39H73N3O6/c1-4-7-10-17-23-33-47-37(44)27-19-13-11-15-21-29-41(31-24-32-42-36(43)34-40-39(42)46)30-22-16-12-14-20-28-38(45)48-35(25-9-6-3)26-18-8-5-2/h35H,4-34H2,1-3H3,(H,40,46). The van der Waals surface area contributed by atoms with Crippen molar-refractivity contribution in [1.29, 1.82) is 0 Å². The molecule has 1 unspecified atom stereocenters. The first kappa shape index (κ1) is 43.9. The molecule has 0 bridgehead atoms. The highest BCUT2D eigenvalue weighted by molar-refractivity contribution is 6.01. The van der Waals surface area contributed by atoms with Crippen molar-refractivity contribution in [2.24, 2.45) is 0 Å². The Kier molecular flexibility index (Phi) is 28.2. The van der Waals surface area contributed by atoms with E-state index >= 15 is 0 Å². The first-order valence-corrected chi connectivity index (χ1v) is 20.1. The van der Waals surface area contributed by atoms with Gasteiger partial charge in [-0.25, -0.2) is 4.79 Å². The van der Waals surface area contributed by atoms with Gasteiger partial charge in [-0.05, 0) is 77.4 Å². The third-order valence-electron chi connectivity index (χ3n) is 9.32. The summed E-state index contributed by atoms with van der Waals surface area (Å²) < 4.78 is 11.2. The van der Waals surface area contributed by atoms with Crippen LogP contribution < -0.4 is 5.32 Å². The molecule has 0 spiro atoms. The minimum absolute atomic E-state index is 0.0305. The molecule has 1 rings (SSSR count). The van der Waals surface area contributed by atoms with Crippen molar-refractivity contribution < 1.29 is 28.7 Å². The molecule has 3 amide bonds. The molecule has 0 saturated carbocycles. The van der Waals surface area contributed by atoms with Crippen LogP contribution in [0.4, 0.5) is 4.79 Å². The summed E-state index contributed by atoms with van der Waals surface area (Å²) in [7, 11) is 0. The van der Waals surface area contributed by atoms with Gasteiger partial charge in [0.1, 0.15) is 6.10 Å². The van der Waals surface area contributed by atoms with Crippen LogP contribution in [0.25, 0.3) is 0 Å². The van der Waals surface area contributed by atoms with E-state index < -0.39 is 0 Å². The number of unbranched alkanes of at least 4 members (excludes halogenated alkanes) is 15. The van der Waals surface area contributed by atoms with Gasteiger partial charge in [0.15, 0.2) is 0 Å². The Morgan fingerprint density at radius 3 is 1.79 bits per heavy atom. The summed E-state index contributed by atoms with van der Waals surface area (Å²) in [5, 5.41) is 2.60. The Bertz CT molecular complexity index is 823. The highest BCUT2D eigenvalue weighted by atomic mass is 16.5. The van der Waals surface area contributed by atoms with E-state index in [1.165, 1.54) is 37.0 Å². The van der Waals surface area contributed by atoms with Crippen LogP contribution in [-0.4, -0.2) is 79.1 Å². The molecule has 9 heteroatoms. The Morgan fingerprint density at radius 2 is 1.17 bits per heavy atom. The number of amides is 3. The number of nitrogens with one attached hydrogen (secondary N) is 1. The molecule has 1 saturated heterocycles. The molecule has 48 heavy (non-hydrogen) atoms. The van der Waals surface area contributed by atoms with Crippen LogP contribution >= 0.6 is 0 Å². The van der Waals surface area contributed by atoms with Gasteiger partial charge in [-0.15, -0.1) is 0 Å². The smallest absolute Gasteiger partial charge is 0.324 e. The summed E-state index contributed by atoms with van der Waals surface area (Å²) in [6.45, 7) is 10.6. The molecule has 0 radical (unpaired) electrons. The number of esters is 2. The highest BCUT2D eigenvalue weighted by Crippen LogP contribution is 2.16. The van der Waals surface area contributed by atoms with Crippen molar-refractivity contribution in [1.82, 2.24) is 15.1 Å². The molecule has 0 aromatic rings. The SMILES string of the molecule is CCCCCCCOC(=O)CCCCCCCN(CCCCCCCC(=O)OC(CCCC)CCCCC)CCCN1C(=O)CNC1=O. The molecule has 0 aromatic heterocycles. The summed E-state index contributed by atoms with van der Waals surface area (Å²) in [5.41, 5.74) is 0. The second kappa shape index (κ2) is 30.9. The number of carbonyl (C=O) groups is 4. The lowest BCUT2D eigenvalue weighted by Gasteiger charge is -2.23. The molecule has 1 aliphatic heterocycles. The van der Waals surface area contributed by atoms with Gasteiger partial charge in [-0.1, -0.05) is 111 Å². The predicted molar refractivity (Wildman–Crippen MR) is 195 cm³/mol. The first-order chi connectivity index (χ1) is 23.4. The minimum Gasteiger partial charge on any atom is -0.466 e. The number of nitrogens with zero attached hydrogens (tertiary/aromatic N) is 2. The fraction of sp³-hybridized carbons (Fsp3) is 0.897. The van der Waals surface area contributed by atoms with Crippen LogP contribution in [0, 0.1) is 0 Å². The second-order valence-corrected chi connectivity index (χ2v) is 13.8. The Balaban J connectivity index is 2.26. The largest absolute Gasteiger partial charge is 0.466 e. The van der Waals surface area contributed by atoms with Gasteiger partial charge in [0.2, 0.25) is 5.91 Å². The number of hydrogen-bond donors (Lipinski definition) is 1. The first-order valence-electron chi connectivity index (χ1n) is 20.1. The van der Waals surface area contributed by atoms with Gasteiger partial charge < -0.3 is 19.7 Å². The Hall–Kier alpha value is -2.16. The molecule has 1 N–H and O–H groups in total. The Labute approximate surface area is 294 Å². The van der Waals surface area contributed by atoms with E-state index in [-0.39, 0.29) is 36.5 Å². The molecule has 9 nitrogen and oxygen atoms in total. The van der Waals surface area contributed by atoms with E-state index in [0.717, 1.165) is 135 Å². The van der Waals surface area contributed by atoms with E-state index in [9.17, 15) is 19.2 Å². The normalized spacial score (nSPS) is 13.7. The van der Waals surface area contributed by atoms with Gasteiger partial charge in [0.05, 0.1) is 13.2 Å².